The number of fused-ring (bicyclic) bond motifs is 5. The lowest BCUT2D eigenvalue weighted by molar-refractivity contribution is -0.136. The molecule has 2 heterocycles. The molecule has 29 heavy (non-hydrogen) atoms. The van der Waals surface area contributed by atoms with Gasteiger partial charge in [-0.2, -0.15) is 0 Å². The fourth-order valence-corrected chi connectivity index (χ4v) is 8.04. The minimum absolute atomic E-state index is 0.289. The Morgan fingerprint density at radius 2 is 2.00 bits per heavy atom. The summed E-state index contributed by atoms with van der Waals surface area (Å²) in [6.45, 7) is 10.2. The van der Waals surface area contributed by atoms with Gasteiger partial charge in [-0.05, 0) is 96.8 Å². The number of likely N-dealkylation sites (tertiary alicyclic amines) is 1. The number of nitrogens with zero attached hydrogens (tertiary/aromatic N) is 2. The molecule has 0 spiro atoms. The van der Waals surface area contributed by atoms with Crippen LogP contribution in [0.25, 0.3) is 5.57 Å². The molecule has 6 unspecified atom stereocenters. The van der Waals surface area contributed by atoms with Crippen molar-refractivity contribution in [3.8, 4) is 0 Å². The zero-order valence-electron chi connectivity index (χ0n) is 18.6. The molecule has 0 bridgehead atoms. The van der Waals surface area contributed by atoms with Gasteiger partial charge in [0.1, 0.15) is 0 Å². The Bertz CT molecular complexity index is 860. The molecule has 1 aliphatic heterocycles. The van der Waals surface area contributed by atoms with E-state index in [2.05, 4.69) is 49.0 Å². The summed E-state index contributed by atoms with van der Waals surface area (Å²) in [5.41, 5.74) is 4.76. The van der Waals surface area contributed by atoms with Crippen molar-refractivity contribution in [3.05, 3.63) is 35.7 Å². The van der Waals surface area contributed by atoms with Gasteiger partial charge >= 0.3 is 0 Å². The molecule has 3 aliphatic carbocycles. The lowest BCUT2D eigenvalue weighted by Crippen LogP contribution is -2.54. The van der Waals surface area contributed by atoms with Crippen molar-refractivity contribution in [1.82, 2.24) is 9.88 Å². The molecular weight excluding hydrogens is 356 g/mol. The van der Waals surface area contributed by atoms with Crippen molar-refractivity contribution < 1.29 is 4.79 Å². The van der Waals surface area contributed by atoms with E-state index in [9.17, 15) is 4.79 Å². The van der Waals surface area contributed by atoms with Gasteiger partial charge in [-0.3, -0.25) is 9.78 Å². The summed E-state index contributed by atoms with van der Waals surface area (Å²) >= 11 is 0. The Hall–Kier alpha value is -1.64. The highest BCUT2D eigenvalue weighted by molar-refractivity contribution is 5.77. The quantitative estimate of drug-likeness (QED) is 0.653. The Morgan fingerprint density at radius 1 is 1.17 bits per heavy atom. The molecule has 1 aromatic rings. The molecule has 4 aliphatic rings. The zero-order chi connectivity index (χ0) is 20.4. The first kappa shape index (κ1) is 19.3. The summed E-state index contributed by atoms with van der Waals surface area (Å²) in [6.07, 6.45) is 14.7. The molecule has 156 valence electrons. The maximum atomic E-state index is 12.5. The second-order valence-electron chi connectivity index (χ2n) is 10.7. The van der Waals surface area contributed by atoms with Gasteiger partial charge in [-0.1, -0.05) is 26.8 Å². The molecule has 3 fully saturated rings. The van der Waals surface area contributed by atoms with Crippen molar-refractivity contribution in [3.63, 3.8) is 0 Å². The number of hydrogen-bond acceptors (Lipinski definition) is 2. The van der Waals surface area contributed by atoms with Gasteiger partial charge in [0.2, 0.25) is 5.91 Å². The van der Waals surface area contributed by atoms with Crippen LogP contribution in [0.2, 0.25) is 0 Å². The Morgan fingerprint density at radius 3 is 2.76 bits per heavy atom. The number of allylic oxidation sites excluding steroid dienone is 2. The zero-order valence-corrected chi connectivity index (χ0v) is 18.6. The third-order valence-corrected chi connectivity index (χ3v) is 9.48. The highest BCUT2D eigenvalue weighted by atomic mass is 16.2. The predicted octanol–water partition coefficient (Wildman–Crippen LogP) is 5.64. The number of aromatic nitrogens is 1. The molecule has 5 rings (SSSR count). The fourth-order valence-electron chi connectivity index (χ4n) is 8.04. The molecule has 1 amide bonds. The van der Waals surface area contributed by atoms with Crippen LogP contribution in [0, 0.1) is 35.5 Å². The normalized spacial score (nSPS) is 40.8. The average Bonchev–Trinajstić information content (AvgIpc) is 3.24. The Balaban J connectivity index is 1.43. The number of carbonyl (C=O) groups is 1. The second kappa shape index (κ2) is 6.68. The van der Waals surface area contributed by atoms with Crippen LogP contribution in [0.1, 0.15) is 76.8 Å². The minimum Gasteiger partial charge on any atom is -0.339 e. The smallest absolute Gasteiger partial charge is 0.222 e. The van der Waals surface area contributed by atoms with Crippen LogP contribution in [-0.2, 0) is 4.79 Å². The molecule has 0 aromatic carbocycles. The monoisotopic (exact) mass is 392 g/mol. The number of pyridine rings is 1. The maximum Gasteiger partial charge on any atom is 0.222 e. The fraction of sp³-hybridized carbons (Fsp3) is 0.692. The highest BCUT2D eigenvalue weighted by Crippen LogP contribution is 2.66. The molecule has 0 N–H and O–H groups in total. The molecular formula is C26H36N2O. The van der Waals surface area contributed by atoms with Crippen LogP contribution in [-0.4, -0.2) is 28.4 Å². The van der Waals surface area contributed by atoms with E-state index in [4.69, 9.17) is 0 Å². The summed E-state index contributed by atoms with van der Waals surface area (Å²) in [5, 5.41) is 0. The molecule has 0 radical (unpaired) electrons. The molecule has 2 saturated carbocycles. The first-order chi connectivity index (χ1) is 13.9. The first-order valence-corrected chi connectivity index (χ1v) is 11.8. The van der Waals surface area contributed by atoms with E-state index in [1.165, 1.54) is 49.7 Å². The predicted molar refractivity (Wildman–Crippen MR) is 117 cm³/mol. The largest absolute Gasteiger partial charge is 0.339 e. The second-order valence-corrected chi connectivity index (χ2v) is 10.7. The van der Waals surface area contributed by atoms with E-state index in [1.807, 2.05) is 13.1 Å². The molecule has 3 heteroatoms. The van der Waals surface area contributed by atoms with E-state index in [-0.39, 0.29) is 5.41 Å². The number of rotatable bonds is 2. The summed E-state index contributed by atoms with van der Waals surface area (Å²) in [6, 6.07) is 2.80. The Labute approximate surface area is 176 Å². The number of carbonyl (C=O) groups excluding carboxylic acids is 1. The molecule has 3 nitrogen and oxygen atoms in total. The van der Waals surface area contributed by atoms with Crippen LogP contribution >= 0.6 is 0 Å². The molecule has 6 atom stereocenters. The van der Waals surface area contributed by atoms with E-state index in [0.717, 1.165) is 24.3 Å². The van der Waals surface area contributed by atoms with Crippen molar-refractivity contribution in [1.29, 1.82) is 0 Å². The van der Waals surface area contributed by atoms with Crippen LogP contribution in [0.5, 0.6) is 0 Å². The SMILES string of the molecule is CCC(=O)N1CCC2(C)C3CCC4(C)C(c5cncc(C)c5)=CCC4C3CCC12. The minimum atomic E-state index is 0.289. The summed E-state index contributed by atoms with van der Waals surface area (Å²) in [5.74, 6) is 2.70. The Kier molecular flexibility index (Phi) is 4.46. The van der Waals surface area contributed by atoms with Gasteiger partial charge in [0, 0.05) is 31.4 Å². The topological polar surface area (TPSA) is 33.2 Å². The number of amides is 1. The van der Waals surface area contributed by atoms with Crippen molar-refractivity contribution in [2.75, 3.05) is 6.54 Å². The van der Waals surface area contributed by atoms with Gasteiger partial charge in [-0.25, -0.2) is 0 Å². The van der Waals surface area contributed by atoms with E-state index < -0.39 is 0 Å². The summed E-state index contributed by atoms with van der Waals surface area (Å²) in [7, 11) is 0. The van der Waals surface area contributed by atoms with Crippen LogP contribution in [0.4, 0.5) is 0 Å². The molecule has 1 aromatic heterocycles. The number of hydrogen-bond donors (Lipinski definition) is 0. The third kappa shape index (κ3) is 2.68. The van der Waals surface area contributed by atoms with E-state index in [0.29, 0.717) is 23.8 Å². The standard InChI is InChI=1S/C26H36N2O/c1-5-24(29)28-13-12-26(4)22-10-11-25(3)20(18-14-17(2)15-27-16-18)7-8-21(25)19(22)6-9-23(26)28/h7,14-16,19,21-23H,5-6,8-13H2,1-4H3. The van der Waals surface area contributed by atoms with Gasteiger partial charge in [0.15, 0.2) is 0 Å². The van der Waals surface area contributed by atoms with Gasteiger partial charge in [0.05, 0.1) is 0 Å². The van der Waals surface area contributed by atoms with Crippen LogP contribution < -0.4 is 0 Å². The van der Waals surface area contributed by atoms with Crippen molar-refractivity contribution >= 4 is 11.5 Å². The van der Waals surface area contributed by atoms with Gasteiger partial charge in [0.25, 0.3) is 0 Å². The van der Waals surface area contributed by atoms with Gasteiger partial charge < -0.3 is 4.90 Å². The maximum absolute atomic E-state index is 12.5. The van der Waals surface area contributed by atoms with Crippen molar-refractivity contribution in [2.24, 2.45) is 28.6 Å². The third-order valence-electron chi connectivity index (χ3n) is 9.48. The van der Waals surface area contributed by atoms with Crippen molar-refractivity contribution in [2.45, 2.75) is 78.7 Å². The lowest BCUT2D eigenvalue weighted by Gasteiger charge is -2.57. The number of aryl methyl sites for hydroxylation is 1. The highest BCUT2D eigenvalue weighted by Gasteiger charge is 2.60. The average molecular weight is 393 g/mol. The van der Waals surface area contributed by atoms with E-state index in [1.54, 1.807) is 5.57 Å². The van der Waals surface area contributed by atoms with Crippen LogP contribution in [0.15, 0.2) is 24.5 Å². The van der Waals surface area contributed by atoms with E-state index >= 15 is 0 Å². The van der Waals surface area contributed by atoms with Gasteiger partial charge in [-0.15, -0.1) is 0 Å². The van der Waals surface area contributed by atoms with Crippen LogP contribution in [0.3, 0.4) is 0 Å². The summed E-state index contributed by atoms with van der Waals surface area (Å²) < 4.78 is 0. The molecule has 1 saturated heterocycles. The summed E-state index contributed by atoms with van der Waals surface area (Å²) in [4.78, 5) is 19.3. The first-order valence-electron chi connectivity index (χ1n) is 11.8. The lowest BCUT2D eigenvalue weighted by atomic mass is 9.48.